The monoisotopic (exact) mass is 599 g/mol. The van der Waals surface area contributed by atoms with E-state index in [0.29, 0.717) is 28.3 Å². The number of ether oxygens (including phenoxy) is 1. The molecule has 6 nitrogen and oxygen atoms in total. The summed E-state index contributed by atoms with van der Waals surface area (Å²) in [5.74, 6) is 0.448. The van der Waals surface area contributed by atoms with Crippen LogP contribution in [0.25, 0.3) is 0 Å². The van der Waals surface area contributed by atoms with Gasteiger partial charge in [0.2, 0.25) is 0 Å². The van der Waals surface area contributed by atoms with E-state index in [1.54, 1.807) is 24.1 Å². The summed E-state index contributed by atoms with van der Waals surface area (Å²) in [5.41, 5.74) is 7.81. The molecule has 0 saturated carbocycles. The van der Waals surface area contributed by atoms with Crippen molar-refractivity contribution in [3.8, 4) is 5.75 Å². The molecule has 3 aromatic rings. The summed E-state index contributed by atoms with van der Waals surface area (Å²) < 4.78 is 43.4. The van der Waals surface area contributed by atoms with Crippen LogP contribution in [0.3, 0.4) is 0 Å². The van der Waals surface area contributed by atoms with Gasteiger partial charge < -0.3 is 15.4 Å². The number of thiophene rings is 1. The molecule has 0 unspecified atom stereocenters. The first-order chi connectivity index (χ1) is 19.8. The normalized spacial score (nSPS) is 16.9. The topological polar surface area (TPSA) is 85.0 Å². The molecule has 224 valence electrons. The summed E-state index contributed by atoms with van der Waals surface area (Å²) in [6.07, 6.45) is -3.32. The van der Waals surface area contributed by atoms with Gasteiger partial charge in [-0.1, -0.05) is 51.1 Å². The van der Waals surface area contributed by atoms with E-state index in [2.05, 4.69) is 24.0 Å². The van der Waals surface area contributed by atoms with Crippen LogP contribution < -0.4 is 10.5 Å². The molecular weight excluding hydrogens is 563 g/mol. The van der Waals surface area contributed by atoms with Crippen molar-refractivity contribution in [3.63, 3.8) is 0 Å². The number of Topliss-reactive ketones (excluding diaryl/α,β-unsaturated/α-hetero) is 1. The van der Waals surface area contributed by atoms with Gasteiger partial charge in [0.05, 0.1) is 29.8 Å². The highest BCUT2D eigenvalue weighted by molar-refractivity contribution is 7.12. The maximum absolute atomic E-state index is 12.9. The van der Waals surface area contributed by atoms with Crippen molar-refractivity contribution in [2.75, 3.05) is 20.2 Å². The maximum atomic E-state index is 12.9. The Bertz CT molecular complexity index is 1400. The highest BCUT2D eigenvalue weighted by Crippen LogP contribution is 2.33. The van der Waals surface area contributed by atoms with E-state index in [-0.39, 0.29) is 30.5 Å². The number of alkyl halides is 3. The minimum Gasteiger partial charge on any atom is -0.497 e. The molecule has 1 aliphatic rings. The first kappa shape index (κ1) is 32.6. The van der Waals surface area contributed by atoms with E-state index in [0.717, 1.165) is 24.3 Å². The van der Waals surface area contributed by atoms with Crippen LogP contribution >= 0.6 is 11.3 Å². The third-order valence-corrected chi connectivity index (χ3v) is 7.71. The highest BCUT2D eigenvalue weighted by atomic mass is 32.1. The molecule has 0 aliphatic carbocycles. The van der Waals surface area contributed by atoms with Crippen LogP contribution in [0.4, 0.5) is 13.2 Å². The van der Waals surface area contributed by atoms with Crippen molar-refractivity contribution < 1.29 is 27.5 Å². The number of nitrogens with zero attached hydrogens (tertiary/aromatic N) is 2. The number of piperidine rings is 1. The Morgan fingerprint density at radius 3 is 2.17 bits per heavy atom. The number of likely N-dealkylation sites (tertiary alicyclic amines) is 1. The molecule has 0 spiro atoms. The van der Waals surface area contributed by atoms with Gasteiger partial charge in [-0.15, -0.1) is 11.3 Å². The fourth-order valence-electron chi connectivity index (χ4n) is 4.55. The smallest absolute Gasteiger partial charge is 0.416 e. The Morgan fingerprint density at radius 2 is 1.67 bits per heavy atom. The van der Waals surface area contributed by atoms with Crippen LogP contribution in [0.15, 0.2) is 82.3 Å². The van der Waals surface area contributed by atoms with Crippen molar-refractivity contribution in [3.05, 3.63) is 98.9 Å². The molecule has 4 rings (SSSR count). The van der Waals surface area contributed by atoms with Crippen LogP contribution in [0.2, 0.25) is 0 Å². The molecule has 1 amide bonds. The lowest BCUT2D eigenvalue weighted by molar-refractivity contribution is -0.137. The minimum atomic E-state index is -4.40. The predicted molar refractivity (Wildman–Crippen MR) is 161 cm³/mol. The maximum Gasteiger partial charge on any atom is 0.416 e. The molecule has 0 atom stereocenters. The molecule has 0 radical (unpaired) electrons. The summed E-state index contributed by atoms with van der Waals surface area (Å²) in [4.78, 5) is 31.9. The molecule has 1 aliphatic heterocycles. The standard InChI is InChI=1S/C23H24F3N3O2S.C9H12O/c1-14(30)19(27)17-12-29(21(31)18-5-4-10-32-18)13-22(2,3)20(17)28-11-15-6-8-16(9-7-15)23(24,25)26;1-3-8-4-6-9(10-2)7-5-8/h4-10H,11-13,27H2,1-3H3;4-7H,3H2,1-2H3/b19-17-,28-20?;. The van der Waals surface area contributed by atoms with Gasteiger partial charge >= 0.3 is 6.18 Å². The fourth-order valence-corrected chi connectivity index (χ4v) is 5.24. The van der Waals surface area contributed by atoms with Gasteiger partial charge in [-0.25, -0.2) is 0 Å². The second kappa shape index (κ2) is 13.8. The summed E-state index contributed by atoms with van der Waals surface area (Å²) in [7, 11) is 1.68. The third kappa shape index (κ3) is 8.31. The van der Waals surface area contributed by atoms with E-state index in [9.17, 15) is 22.8 Å². The fraction of sp³-hybridized carbons (Fsp3) is 0.344. The van der Waals surface area contributed by atoms with Gasteiger partial charge in [0.25, 0.3) is 5.91 Å². The van der Waals surface area contributed by atoms with Gasteiger partial charge in [0.15, 0.2) is 5.78 Å². The molecule has 1 saturated heterocycles. The van der Waals surface area contributed by atoms with Gasteiger partial charge in [-0.3, -0.25) is 14.6 Å². The Labute approximate surface area is 248 Å². The summed E-state index contributed by atoms with van der Waals surface area (Å²) in [6, 6.07) is 16.5. The molecule has 2 heterocycles. The summed E-state index contributed by atoms with van der Waals surface area (Å²) in [5, 5.41) is 1.82. The number of allylic oxidation sites excluding steroid dienone is 1. The van der Waals surface area contributed by atoms with Crippen LogP contribution in [0.1, 0.15) is 54.1 Å². The highest BCUT2D eigenvalue weighted by Gasteiger charge is 2.39. The number of aryl methyl sites for hydroxylation is 1. The molecule has 42 heavy (non-hydrogen) atoms. The van der Waals surface area contributed by atoms with Crippen LogP contribution in [-0.4, -0.2) is 42.5 Å². The van der Waals surface area contributed by atoms with Gasteiger partial charge in [0, 0.05) is 36.7 Å². The predicted octanol–water partition coefficient (Wildman–Crippen LogP) is 6.95. The number of amides is 1. The van der Waals surface area contributed by atoms with Gasteiger partial charge in [-0.2, -0.15) is 13.2 Å². The Balaban J connectivity index is 0.000000408. The van der Waals surface area contributed by atoms with Gasteiger partial charge in [0.1, 0.15) is 5.75 Å². The number of aliphatic imine (C=N–C) groups is 1. The second-order valence-corrected chi connectivity index (χ2v) is 11.5. The van der Waals surface area contributed by atoms with E-state index in [1.165, 1.54) is 36.0 Å². The van der Waals surface area contributed by atoms with Crippen LogP contribution in [-0.2, 0) is 23.9 Å². The number of hydrogen-bond acceptors (Lipinski definition) is 6. The largest absolute Gasteiger partial charge is 0.497 e. The summed E-state index contributed by atoms with van der Waals surface area (Å²) in [6.45, 7) is 7.93. The number of nitrogens with two attached hydrogens (primary N) is 1. The number of methoxy groups -OCH3 is 1. The Morgan fingerprint density at radius 1 is 1.05 bits per heavy atom. The molecule has 2 N–H and O–H groups in total. The van der Waals surface area contributed by atoms with Crippen molar-refractivity contribution in [2.24, 2.45) is 16.1 Å². The third-order valence-electron chi connectivity index (χ3n) is 6.85. The van der Waals surface area contributed by atoms with Crippen LogP contribution in [0, 0.1) is 5.41 Å². The van der Waals surface area contributed by atoms with Crippen molar-refractivity contribution in [1.82, 2.24) is 4.90 Å². The van der Waals surface area contributed by atoms with E-state index in [4.69, 9.17) is 10.5 Å². The lowest BCUT2D eigenvalue weighted by Gasteiger charge is -2.41. The van der Waals surface area contributed by atoms with Crippen molar-refractivity contribution in [2.45, 2.75) is 46.8 Å². The molecule has 1 aromatic heterocycles. The first-order valence-electron chi connectivity index (χ1n) is 13.4. The van der Waals surface area contributed by atoms with Gasteiger partial charge in [-0.05, 0) is 53.3 Å². The van der Waals surface area contributed by atoms with E-state index in [1.807, 2.05) is 31.4 Å². The quantitative estimate of drug-likeness (QED) is 0.311. The average molecular weight is 600 g/mol. The number of halogens is 3. The SMILES string of the molecule is CC(=O)/C(N)=C1\CN(C(=O)c2cccs2)CC(C)(C)C1=NCc1ccc(C(F)(F)F)cc1.CCc1ccc(OC)cc1. The number of carbonyl (C=O) groups excluding carboxylic acids is 2. The van der Waals surface area contributed by atoms with E-state index >= 15 is 0 Å². The van der Waals surface area contributed by atoms with Crippen LogP contribution in [0.5, 0.6) is 5.75 Å². The molecular formula is C32H36F3N3O3S. The first-order valence-corrected chi connectivity index (χ1v) is 14.3. The Hall–Kier alpha value is -3.92. The summed E-state index contributed by atoms with van der Waals surface area (Å²) >= 11 is 1.34. The van der Waals surface area contributed by atoms with Crippen molar-refractivity contribution >= 4 is 28.7 Å². The number of carbonyl (C=O) groups is 2. The molecule has 2 aromatic carbocycles. The zero-order valence-electron chi connectivity index (χ0n) is 24.4. The number of benzene rings is 2. The number of hydrogen-bond donors (Lipinski definition) is 1. The lowest BCUT2D eigenvalue weighted by atomic mass is 9.78. The lowest BCUT2D eigenvalue weighted by Crippen LogP contribution is -2.51. The minimum absolute atomic E-state index is 0.0351. The molecule has 0 bridgehead atoms. The van der Waals surface area contributed by atoms with Crippen molar-refractivity contribution in [1.29, 1.82) is 0 Å². The molecule has 10 heteroatoms. The Kier molecular flexibility index (Phi) is 10.7. The zero-order chi connectivity index (χ0) is 31.1. The number of ketones is 1. The molecule has 1 fully saturated rings. The average Bonchev–Trinajstić information content (AvgIpc) is 3.50. The zero-order valence-corrected chi connectivity index (χ0v) is 25.2. The van der Waals surface area contributed by atoms with E-state index < -0.39 is 17.2 Å². The second-order valence-electron chi connectivity index (χ2n) is 10.5. The number of rotatable bonds is 6.